The first kappa shape index (κ1) is 29.4. The third-order valence-electron chi connectivity index (χ3n) is 6.74. The van der Waals surface area contributed by atoms with Crippen LogP contribution in [-0.4, -0.2) is 73.5 Å². The van der Waals surface area contributed by atoms with E-state index in [2.05, 4.69) is 15.5 Å². The summed E-state index contributed by atoms with van der Waals surface area (Å²) in [6.45, 7) is 6.27. The molecule has 1 aliphatic heterocycles. The lowest BCUT2D eigenvalue weighted by Gasteiger charge is -2.36. The second kappa shape index (κ2) is 13.6. The van der Waals surface area contributed by atoms with Crippen LogP contribution >= 0.6 is 0 Å². The first-order chi connectivity index (χ1) is 19.7. The highest BCUT2D eigenvalue weighted by Gasteiger charge is 2.23. The predicted octanol–water partition coefficient (Wildman–Crippen LogP) is 4.36. The van der Waals surface area contributed by atoms with E-state index in [0.717, 1.165) is 5.69 Å². The smallest absolute Gasteiger partial charge is 0.318 e. The number of hydrogen-bond acceptors (Lipinski definition) is 5. The van der Waals surface area contributed by atoms with E-state index in [9.17, 15) is 18.8 Å². The molecule has 9 nitrogen and oxygen atoms in total. The third-order valence-corrected chi connectivity index (χ3v) is 6.74. The fraction of sp³-hybridized carbons (Fsp3) is 0.323. The van der Waals surface area contributed by atoms with E-state index in [0.29, 0.717) is 48.7 Å². The highest BCUT2D eigenvalue weighted by Crippen LogP contribution is 2.21. The first-order valence-corrected chi connectivity index (χ1v) is 13.6. The maximum Gasteiger partial charge on any atom is 0.318 e. The van der Waals surface area contributed by atoms with Crippen molar-refractivity contribution in [2.45, 2.75) is 26.4 Å². The van der Waals surface area contributed by atoms with E-state index in [1.54, 1.807) is 43.5 Å². The summed E-state index contributed by atoms with van der Waals surface area (Å²) < 4.78 is 18.5. The van der Waals surface area contributed by atoms with Crippen molar-refractivity contribution in [2.24, 2.45) is 0 Å². The van der Waals surface area contributed by atoms with Crippen LogP contribution in [0.25, 0.3) is 0 Å². The number of carbonyl (C=O) groups is 3. The van der Waals surface area contributed by atoms with Crippen LogP contribution in [0.4, 0.5) is 20.6 Å². The van der Waals surface area contributed by atoms with Crippen molar-refractivity contribution in [1.29, 1.82) is 0 Å². The van der Waals surface area contributed by atoms with Gasteiger partial charge in [0.15, 0.2) is 0 Å². The zero-order valence-electron chi connectivity index (χ0n) is 23.6. The Morgan fingerprint density at radius 3 is 2.12 bits per heavy atom. The van der Waals surface area contributed by atoms with E-state index < -0.39 is 0 Å². The molecule has 0 aliphatic carbocycles. The van der Waals surface area contributed by atoms with Crippen molar-refractivity contribution < 1.29 is 23.5 Å². The van der Waals surface area contributed by atoms with Gasteiger partial charge in [-0.15, -0.1) is 0 Å². The minimum absolute atomic E-state index is 0.000844. The Kier molecular flexibility index (Phi) is 9.78. The minimum atomic E-state index is -0.376. The molecule has 2 N–H and O–H groups in total. The molecule has 41 heavy (non-hydrogen) atoms. The number of piperazine rings is 1. The SMILES string of the molecule is COc1ccc(C(=O)N2CCN(c3ccc(NC(=O)CN(Cc4ccc(F)cc4)C(=O)NC(C)C)cc3)CC2)cc1. The lowest BCUT2D eigenvalue weighted by Crippen LogP contribution is -2.48. The Labute approximate surface area is 239 Å². The molecule has 3 aromatic rings. The minimum Gasteiger partial charge on any atom is -0.497 e. The van der Waals surface area contributed by atoms with Crippen molar-refractivity contribution in [3.63, 3.8) is 0 Å². The van der Waals surface area contributed by atoms with Crippen molar-refractivity contribution in [3.8, 4) is 5.75 Å². The molecule has 0 aromatic heterocycles. The van der Waals surface area contributed by atoms with Gasteiger partial charge in [0.2, 0.25) is 5.91 Å². The molecule has 0 atom stereocenters. The Morgan fingerprint density at radius 1 is 0.902 bits per heavy atom. The van der Waals surface area contributed by atoms with E-state index >= 15 is 0 Å². The summed E-state index contributed by atoms with van der Waals surface area (Å²) in [5.41, 5.74) is 2.96. The lowest BCUT2D eigenvalue weighted by atomic mass is 10.1. The number of nitrogens with zero attached hydrogens (tertiary/aromatic N) is 3. The van der Waals surface area contributed by atoms with Crippen molar-refractivity contribution >= 4 is 29.2 Å². The van der Waals surface area contributed by atoms with Crippen LogP contribution in [0.15, 0.2) is 72.8 Å². The second-order valence-electron chi connectivity index (χ2n) is 10.2. The maximum atomic E-state index is 13.3. The molecular weight excluding hydrogens is 525 g/mol. The normalized spacial score (nSPS) is 13.1. The molecule has 1 heterocycles. The van der Waals surface area contributed by atoms with Crippen molar-refractivity contribution in [3.05, 3.63) is 89.7 Å². The number of amides is 4. The second-order valence-corrected chi connectivity index (χ2v) is 10.2. The van der Waals surface area contributed by atoms with Crippen molar-refractivity contribution in [1.82, 2.24) is 15.1 Å². The number of carbonyl (C=O) groups excluding carboxylic acids is 3. The Hall–Kier alpha value is -4.60. The number of urea groups is 1. The molecule has 0 spiro atoms. The van der Waals surface area contributed by atoms with Gasteiger partial charge in [0, 0.05) is 55.7 Å². The van der Waals surface area contributed by atoms with Gasteiger partial charge in [-0.1, -0.05) is 12.1 Å². The topological polar surface area (TPSA) is 94.2 Å². The monoisotopic (exact) mass is 561 g/mol. The quantitative estimate of drug-likeness (QED) is 0.405. The lowest BCUT2D eigenvalue weighted by molar-refractivity contribution is -0.116. The van der Waals surface area contributed by atoms with Crippen molar-refractivity contribution in [2.75, 3.05) is 50.1 Å². The summed E-state index contributed by atoms with van der Waals surface area (Å²) in [6.07, 6.45) is 0. The number of benzene rings is 3. The van der Waals surface area contributed by atoms with Gasteiger partial charge in [-0.3, -0.25) is 9.59 Å². The summed E-state index contributed by atoms with van der Waals surface area (Å²) in [6, 6.07) is 20.0. The van der Waals surface area contributed by atoms with E-state index in [1.807, 2.05) is 43.0 Å². The highest BCUT2D eigenvalue weighted by molar-refractivity contribution is 5.95. The van der Waals surface area contributed by atoms with Crippen LogP contribution in [0.3, 0.4) is 0 Å². The molecule has 0 saturated carbocycles. The van der Waals surface area contributed by atoms with Crippen LogP contribution in [0.1, 0.15) is 29.8 Å². The molecular formula is C31H36FN5O4. The first-order valence-electron chi connectivity index (χ1n) is 13.6. The van der Waals surface area contributed by atoms with Crippen LogP contribution in [0.5, 0.6) is 5.75 Å². The summed E-state index contributed by atoms with van der Waals surface area (Å²) in [5.74, 6) is 0.00680. The predicted molar refractivity (Wildman–Crippen MR) is 157 cm³/mol. The average Bonchev–Trinajstić information content (AvgIpc) is 2.97. The molecule has 0 bridgehead atoms. The van der Waals surface area contributed by atoms with Crippen LogP contribution in [-0.2, 0) is 11.3 Å². The van der Waals surface area contributed by atoms with Crippen LogP contribution < -0.4 is 20.3 Å². The number of methoxy groups -OCH3 is 1. The molecule has 1 fully saturated rings. The van der Waals surface area contributed by atoms with E-state index in [1.165, 1.54) is 17.0 Å². The van der Waals surface area contributed by atoms with Gasteiger partial charge < -0.3 is 30.1 Å². The Bertz CT molecular complexity index is 1320. The van der Waals surface area contributed by atoms with Crippen LogP contribution in [0, 0.1) is 5.82 Å². The van der Waals surface area contributed by atoms with Gasteiger partial charge in [0.05, 0.1) is 7.11 Å². The number of halogens is 1. The van der Waals surface area contributed by atoms with Gasteiger partial charge in [0.1, 0.15) is 18.1 Å². The maximum absolute atomic E-state index is 13.3. The molecule has 1 aliphatic rings. The molecule has 216 valence electrons. The zero-order chi connectivity index (χ0) is 29.4. The fourth-order valence-corrected chi connectivity index (χ4v) is 4.56. The number of anilines is 2. The standard InChI is InChI=1S/C31H36FN5O4/c1-22(2)33-31(40)37(20-23-4-8-25(32)9-5-23)21-29(38)34-26-10-12-27(13-11-26)35-16-18-36(19-17-35)30(39)24-6-14-28(41-3)15-7-24/h4-15,22H,16-21H2,1-3H3,(H,33,40)(H,34,38). The Balaban J connectivity index is 1.30. The number of ether oxygens (including phenoxy) is 1. The van der Waals surface area contributed by atoms with Gasteiger partial charge >= 0.3 is 6.03 Å². The third kappa shape index (κ3) is 8.20. The van der Waals surface area contributed by atoms with E-state index in [-0.39, 0.29) is 42.8 Å². The zero-order valence-corrected chi connectivity index (χ0v) is 23.6. The largest absolute Gasteiger partial charge is 0.497 e. The molecule has 0 radical (unpaired) electrons. The van der Waals surface area contributed by atoms with Gasteiger partial charge in [-0.2, -0.15) is 0 Å². The summed E-state index contributed by atoms with van der Waals surface area (Å²) in [7, 11) is 1.59. The molecule has 3 aromatic carbocycles. The number of nitrogens with one attached hydrogen (secondary N) is 2. The average molecular weight is 562 g/mol. The van der Waals surface area contributed by atoms with Gasteiger partial charge in [0.25, 0.3) is 5.91 Å². The summed E-state index contributed by atoms with van der Waals surface area (Å²) >= 11 is 0. The Morgan fingerprint density at radius 2 is 1.54 bits per heavy atom. The molecule has 4 amide bonds. The summed E-state index contributed by atoms with van der Waals surface area (Å²) in [4.78, 5) is 43.9. The van der Waals surface area contributed by atoms with Gasteiger partial charge in [-0.25, -0.2) is 9.18 Å². The number of hydrogen-bond donors (Lipinski definition) is 2. The van der Waals surface area contributed by atoms with Crippen LogP contribution in [0.2, 0.25) is 0 Å². The number of rotatable bonds is 9. The molecule has 4 rings (SSSR count). The fourth-order valence-electron chi connectivity index (χ4n) is 4.56. The molecule has 10 heteroatoms. The molecule has 0 unspecified atom stereocenters. The highest BCUT2D eigenvalue weighted by atomic mass is 19.1. The summed E-state index contributed by atoms with van der Waals surface area (Å²) in [5, 5.41) is 5.66. The van der Waals surface area contributed by atoms with Gasteiger partial charge in [-0.05, 0) is 80.1 Å². The molecule has 1 saturated heterocycles. The van der Waals surface area contributed by atoms with E-state index in [4.69, 9.17) is 4.74 Å².